The second-order valence-corrected chi connectivity index (χ2v) is 16.7. The zero-order valence-corrected chi connectivity index (χ0v) is 32.5. The van der Waals surface area contributed by atoms with Crippen LogP contribution < -0.4 is 26.6 Å². The lowest BCUT2D eigenvalue weighted by molar-refractivity contribution is -0.144. The number of carbonyl (C=O) groups is 6. The summed E-state index contributed by atoms with van der Waals surface area (Å²) in [6, 6.07) is 3.64. The summed E-state index contributed by atoms with van der Waals surface area (Å²) in [6.07, 6.45) is 7.36. The number of amides is 6. The summed E-state index contributed by atoms with van der Waals surface area (Å²) >= 11 is 0. The number of hydrogen-bond acceptors (Lipinski definition) is 7. The Balaban J connectivity index is 1.59. The number of ketones is 1. The van der Waals surface area contributed by atoms with Gasteiger partial charge in [-0.2, -0.15) is 0 Å². The molecule has 290 valence electrons. The van der Waals surface area contributed by atoms with Gasteiger partial charge in [-0.25, -0.2) is 9.59 Å². The second-order valence-electron chi connectivity index (χ2n) is 16.7. The van der Waals surface area contributed by atoms with E-state index in [1.54, 1.807) is 4.90 Å². The van der Waals surface area contributed by atoms with Crippen molar-refractivity contribution in [1.29, 1.82) is 0 Å². The highest BCUT2D eigenvalue weighted by Crippen LogP contribution is 2.65. The van der Waals surface area contributed by atoms with Crippen molar-refractivity contribution in [3.8, 4) is 12.3 Å². The molecule has 0 radical (unpaired) electrons. The fraction of sp³-hybridized carbons (Fsp3) is 0.650. The van der Waals surface area contributed by atoms with E-state index in [1.165, 1.54) is 0 Å². The minimum Gasteiger partial charge on any atom is -0.447 e. The van der Waals surface area contributed by atoms with Crippen molar-refractivity contribution in [3.05, 3.63) is 35.4 Å². The van der Waals surface area contributed by atoms with Gasteiger partial charge in [-0.1, -0.05) is 84.6 Å². The van der Waals surface area contributed by atoms with E-state index in [0.29, 0.717) is 25.8 Å². The summed E-state index contributed by atoms with van der Waals surface area (Å²) in [7, 11) is 0. The Morgan fingerprint density at radius 3 is 2.21 bits per heavy atom. The van der Waals surface area contributed by atoms with Gasteiger partial charge in [-0.05, 0) is 72.8 Å². The lowest BCUT2D eigenvalue weighted by Crippen LogP contribution is -2.61. The van der Waals surface area contributed by atoms with Gasteiger partial charge < -0.3 is 36.2 Å². The first-order valence-corrected chi connectivity index (χ1v) is 18.8. The first kappa shape index (κ1) is 41.2. The second kappa shape index (κ2) is 17.0. The zero-order valence-electron chi connectivity index (χ0n) is 32.5. The highest BCUT2D eigenvalue weighted by molar-refractivity contribution is 6.38. The molecule has 1 saturated carbocycles. The Labute approximate surface area is 313 Å². The molecule has 13 nitrogen and oxygen atoms in total. The summed E-state index contributed by atoms with van der Waals surface area (Å²) in [4.78, 5) is 82.5. The number of piperidine rings is 1. The summed E-state index contributed by atoms with van der Waals surface area (Å²) in [5, 5.41) is 13.8. The molecule has 1 heterocycles. The van der Waals surface area contributed by atoms with Crippen LogP contribution in [0.3, 0.4) is 0 Å². The molecular formula is C40H58N6O7. The number of alkyl carbamates (subject to hydrolysis) is 1. The quantitative estimate of drug-likeness (QED) is 0.136. The highest BCUT2D eigenvalue weighted by Gasteiger charge is 2.69. The number of hydrogen-bond donors (Lipinski definition) is 5. The number of urea groups is 1. The van der Waals surface area contributed by atoms with Gasteiger partial charge in [0.1, 0.15) is 18.7 Å². The SMILES string of the molecule is C#CCNC(=O)C(=O)C(CCCC)NC(=O)[C@@H]1[C@@H]2[C@H](CN1C(=O)[C@@H](NC(=O)N[C@H](COC(=O)NC(C)C)C(C)(C)C)C1Cc3ccccc3C1)C2(C)C. The molecule has 1 aromatic rings. The molecule has 5 N–H and O–H groups in total. The van der Waals surface area contributed by atoms with Crippen LogP contribution in [0.15, 0.2) is 24.3 Å². The number of likely N-dealkylation sites (tertiary alicyclic amines) is 1. The Morgan fingerprint density at radius 1 is 1.00 bits per heavy atom. The van der Waals surface area contributed by atoms with E-state index < -0.39 is 59.3 Å². The van der Waals surface area contributed by atoms with E-state index in [0.717, 1.165) is 17.5 Å². The standard InChI is InChI=1S/C40H58N6O7/c1-10-12-17-28(33(47)35(49)41-18-11-2)43-34(48)32-30-27(40(30,8)9)21-46(32)36(50)31(26-19-24-15-13-14-16-25(24)20-26)45-37(51)44-29(39(5,6)7)22-53-38(52)42-23(3)4/h2,13-16,23,26-32H,10,12,17-22H2,1,3-9H3,(H,41,49)(H,42,52)(H,43,48)(H2,44,45,51)/t27-,28?,29+,30-,31-,32-/m0/s1. The van der Waals surface area contributed by atoms with E-state index in [2.05, 4.69) is 46.4 Å². The van der Waals surface area contributed by atoms with Crippen molar-refractivity contribution >= 4 is 35.6 Å². The number of nitrogens with one attached hydrogen (secondary N) is 5. The van der Waals surface area contributed by atoms with Gasteiger partial charge in [0.05, 0.1) is 18.6 Å². The third-order valence-corrected chi connectivity index (χ3v) is 11.1. The van der Waals surface area contributed by atoms with Crippen LogP contribution in [0.5, 0.6) is 0 Å². The van der Waals surface area contributed by atoms with Crippen molar-refractivity contribution < 1.29 is 33.5 Å². The molecule has 6 amide bonds. The van der Waals surface area contributed by atoms with Gasteiger partial charge in [0, 0.05) is 12.6 Å². The van der Waals surface area contributed by atoms with Crippen molar-refractivity contribution in [3.63, 3.8) is 0 Å². The topological polar surface area (TPSA) is 175 Å². The average Bonchev–Trinajstić information content (AvgIpc) is 3.44. The molecule has 53 heavy (non-hydrogen) atoms. The molecule has 1 unspecified atom stereocenters. The fourth-order valence-corrected chi connectivity index (χ4v) is 7.80. The minimum atomic E-state index is -1.08. The van der Waals surface area contributed by atoms with Crippen LogP contribution in [0.1, 0.15) is 85.8 Å². The van der Waals surface area contributed by atoms with Crippen LogP contribution >= 0.6 is 0 Å². The molecule has 1 saturated heterocycles. The Bertz CT molecular complexity index is 1570. The maximum Gasteiger partial charge on any atom is 0.407 e. The molecule has 0 spiro atoms. The van der Waals surface area contributed by atoms with Gasteiger partial charge in [-0.3, -0.25) is 19.2 Å². The predicted molar refractivity (Wildman–Crippen MR) is 200 cm³/mol. The summed E-state index contributed by atoms with van der Waals surface area (Å²) in [5.41, 5.74) is 1.45. The number of unbranched alkanes of at least 4 members (excludes halogenated alkanes) is 1. The maximum absolute atomic E-state index is 14.8. The number of carbonyl (C=O) groups excluding carboxylic acids is 6. The molecule has 1 aliphatic heterocycles. The van der Waals surface area contributed by atoms with Crippen LogP contribution in [0, 0.1) is 40.9 Å². The number of rotatable bonds is 15. The number of benzene rings is 1. The number of terminal acetylenes is 1. The monoisotopic (exact) mass is 734 g/mol. The lowest BCUT2D eigenvalue weighted by atomic mass is 9.87. The summed E-state index contributed by atoms with van der Waals surface area (Å²) < 4.78 is 5.43. The molecule has 13 heteroatoms. The number of fused-ring (bicyclic) bond motifs is 2. The Kier molecular flexibility index (Phi) is 13.2. The Hall–Kier alpha value is -4.60. The first-order valence-electron chi connectivity index (χ1n) is 18.8. The number of Topliss-reactive ketones (excluding diaryl/α,β-unsaturated/α-hetero) is 1. The van der Waals surface area contributed by atoms with Gasteiger partial charge >= 0.3 is 12.1 Å². The molecule has 1 aromatic carbocycles. The van der Waals surface area contributed by atoms with Crippen LogP contribution in [-0.2, 0) is 36.8 Å². The van der Waals surface area contributed by atoms with Crippen LogP contribution in [0.25, 0.3) is 0 Å². The zero-order chi connectivity index (χ0) is 39.2. The highest BCUT2D eigenvalue weighted by atomic mass is 16.5. The predicted octanol–water partition coefficient (Wildman–Crippen LogP) is 3.10. The molecular weight excluding hydrogens is 676 g/mol. The van der Waals surface area contributed by atoms with Crippen molar-refractivity contribution in [2.24, 2.45) is 28.6 Å². The van der Waals surface area contributed by atoms with E-state index >= 15 is 0 Å². The molecule has 3 aliphatic rings. The third-order valence-electron chi connectivity index (χ3n) is 11.1. The van der Waals surface area contributed by atoms with Crippen molar-refractivity contribution in [2.45, 2.75) is 118 Å². The van der Waals surface area contributed by atoms with Crippen LogP contribution in [-0.4, -0.2) is 90.4 Å². The van der Waals surface area contributed by atoms with E-state index in [9.17, 15) is 28.8 Å². The molecule has 0 bridgehead atoms. The van der Waals surface area contributed by atoms with Crippen LogP contribution in [0.4, 0.5) is 9.59 Å². The third kappa shape index (κ3) is 9.89. The molecule has 4 rings (SSSR count). The van der Waals surface area contributed by atoms with Crippen LogP contribution in [0.2, 0.25) is 0 Å². The van der Waals surface area contributed by atoms with Crippen molar-refractivity contribution in [2.75, 3.05) is 19.7 Å². The average molecular weight is 735 g/mol. The van der Waals surface area contributed by atoms with Gasteiger partial charge in [0.25, 0.3) is 5.91 Å². The van der Waals surface area contributed by atoms with E-state index in [-0.39, 0.29) is 54.7 Å². The molecule has 6 atom stereocenters. The minimum absolute atomic E-state index is 0.0422. The van der Waals surface area contributed by atoms with Gasteiger partial charge in [0.2, 0.25) is 17.6 Å². The fourth-order valence-electron chi connectivity index (χ4n) is 7.80. The maximum atomic E-state index is 14.8. The number of nitrogens with zero attached hydrogens (tertiary/aromatic N) is 1. The molecule has 2 fully saturated rings. The largest absolute Gasteiger partial charge is 0.447 e. The summed E-state index contributed by atoms with van der Waals surface area (Å²) in [6.45, 7) is 15.5. The van der Waals surface area contributed by atoms with E-state index in [1.807, 2.05) is 65.8 Å². The Morgan fingerprint density at radius 2 is 1.64 bits per heavy atom. The van der Waals surface area contributed by atoms with Gasteiger partial charge in [-0.15, -0.1) is 6.42 Å². The lowest BCUT2D eigenvalue weighted by Gasteiger charge is -2.36. The molecule has 2 aliphatic carbocycles. The first-order chi connectivity index (χ1) is 24.9. The molecule has 0 aromatic heterocycles. The number of ether oxygens (including phenoxy) is 1. The normalized spacial score (nSPS) is 21.6. The van der Waals surface area contributed by atoms with Gasteiger partial charge in [0.15, 0.2) is 0 Å². The smallest absolute Gasteiger partial charge is 0.407 e. The van der Waals surface area contributed by atoms with E-state index in [4.69, 9.17) is 11.2 Å². The van der Waals surface area contributed by atoms with Crippen molar-refractivity contribution in [1.82, 2.24) is 31.5 Å². The summed E-state index contributed by atoms with van der Waals surface area (Å²) in [5.74, 6) is -0.691.